The van der Waals surface area contributed by atoms with E-state index in [4.69, 9.17) is 23.2 Å². The van der Waals surface area contributed by atoms with E-state index >= 15 is 0 Å². The Labute approximate surface area is 114 Å². The van der Waals surface area contributed by atoms with Gasteiger partial charge in [0.25, 0.3) is 0 Å². The smallest absolute Gasteiger partial charge is 0.356 e. The number of hydrogen-bond acceptors (Lipinski definition) is 3. The van der Waals surface area contributed by atoms with Gasteiger partial charge in [-0.2, -0.15) is 0 Å². The van der Waals surface area contributed by atoms with Crippen LogP contribution >= 0.6 is 23.2 Å². The normalized spacial score (nSPS) is 10.2. The highest BCUT2D eigenvalue weighted by atomic mass is 35.5. The average Bonchev–Trinajstić information content (AvgIpc) is 2.41. The number of nitrogens with zero attached hydrogens (tertiary/aromatic N) is 1. The molecule has 0 spiro atoms. The minimum absolute atomic E-state index is 0.251. The number of benzene rings is 1. The van der Waals surface area contributed by atoms with E-state index in [0.717, 1.165) is 5.56 Å². The van der Waals surface area contributed by atoms with Gasteiger partial charge in [0, 0.05) is 5.56 Å². The summed E-state index contributed by atoms with van der Waals surface area (Å²) in [7, 11) is 1.32. The molecule has 18 heavy (non-hydrogen) atoms. The van der Waals surface area contributed by atoms with Gasteiger partial charge in [-0.1, -0.05) is 35.3 Å². The number of carbonyl (C=O) groups excluding carboxylic acids is 1. The summed E-state index contributed by atoms with van der Waals surface area (Å²) in [5.41, 5.74) is 1.67. The fourth-order valence-electron chi connectivity index (χ4n) is 1.47. The number of esters is 1. The Bertz CT molecular complexity index is 599. The highest BCUT2D eigenvalue weighted by Gasteiger charge is 2.09. The van der Waals surface area contributed by atoms with Crippen molar-refractivity contribution < 1.29 is 9.53 Å². The molecule has 3 nitrogen and oxygen atoms in total. The molecule has 92 valence electrons. The zero-order valence-electron chi connectivity index (χ0n) is 9.48. The summed E-state index contributed by atoms with van der Waals surface area (Å²) >= 11 is 11.8. The second kappa shape index (κ2) is 5.38. The predicted octanol–water partition coefficient (Wildman–Crippen LogP) is 3.84. The van der Waals surface area contributed by atoms with Gasteiger partial charge in [-0.05, 0) is 24.3 Å². The van der Waals surface area contributed by atoms with E-state index in [2.05, 4.69) is 9.72 Å². The maximum absolute atomic E-state index is 11.4. The molecule has 0 fully saturated rings. The molecule has 0 saturated heterocycles. The number of pyridine rings is 1. The number of rotatable bonds is 2. The molecule has 2 aromatic rings. The van der Waals surface area contributed by atoms with Gasteiger partial charge in [0.1, 0.15) is 5.69 Å². The lowest BCUT2D eigenvalue weighted by atomic mass is 10.1. The van der Waals surface area contributed by atoms with Gasteiger partial charge in [-0.3, -0.25) is 0 Å². The molecule has 0 bridgehead atoms. The Balaban J connectivity index is 2.44. The molecule has 0 amide bonds. The standard InChI is InChI=1S/C13H9Cl2NO2/c1-18-13(17)12-4-2-3-11(16-12)8-5-6-9(14)10(15)7-8/h2-7H,1H3. The van der Waals surface area contributed by atoms with E-state index in [1.165, 1.54) is 7.11 Å². The lowest BCUT2D eigenvalue weighted by molar-refractivity contribution is 0.0594. The number of aromatic nitrogens is 1. The van der Waals surface area contributed by atoms with Gasteiger partial charge in [-0.25, -0.2) is 9.78 Å². The minimum Gasteiger partial charge on any atom is -0.464 e. The Kier molecular flexibility index (Phi) is 3.84. The van der Waals surface area contributed by atoms with Crippen LogP contribution in [0.4, 0.5) is 0 Å². The van der Waals surface area contributed by atoms with Crippen molar-refractivity contribution in [3.63, 3.8) is 0 Å². The zero-order valence-corrected chi connectivity index (χ0v) is 11.0. The molecule has 0 aliphatic heterocycles. The molecule has 0 atom stereocenters. The molecule has 1 aromatic heterocycles. The average molecular weight is 282 g/mol. The van der Waals surface area contributed by atoms with Crippen molar-refractivity contribution in [3.8, 4) is 11.3 Å². The second-order valence-corrected chi connectivity index (χ2v) is 4.34. The monoisotopic (exact) mass is 281 g/mol. The lowest BCUT2D eigenvalue weighted by Crippen LogP contribution is -2.04. The topological polar surface area (TPSA) is 39.2 Å². The molecule has 0 aliphatic carbocycles. The molecule has 5 heteroatoms. The summed E-state index contributed by atoms with van der Waals surface area (Å²) < 4.78 is 4.62. The van der Waals surface area contributed by atoms with Crippen LogP contribution in [0, 0.1) is 0 Å². The van der Waals surface area contributed by atoms with Crippen LogP contribution in [0.2, 0.25) is 10.0 Å². The largest absolute Gasteiger partial charge is 0.464 e. The van der Waals surface area contributed by atoms with Crippen LogP contribution in [0.1, 0.15) is 10.5 Å². The molecule has 0 radical (unpaired) electrons. The van der Waals surface area contributed by atoms with Crippen molar-refractivity contribution in [1.29, 1.82) is 0 Å². The Morgan fingerprint density at radius 1 is 1.17 bits per heavy atom. The number of hydrogen-bond donors (Lipinski definition) is 0. The highest BCUT2D eigenvalue weighted by Crippen LogP contribution is 2.27. The van der Waals surface area contributed by atoms with E-state index in [0.29, 0.717) is 15.7 Å². The molecule has 0 saturated carbocycles. The van der Waals surface area contributed by atoms with Gasteiger partial charge in [0.05, 0.1) is 22.8 Å². The van der Waals surface area contributed by atoms with Crippen molar-refractivity contribution in [2.24, 2.45) is 0 Å². The van der Waals surface area contributed by atoms with Crippen LogP contribution in [-0.2, 0) is 4.74 Å². The maximum Gasteiger partial charge on any atom is 0.356 e. The van der Waals surface area contributed by atoms with Crippen LogP contribution in [-0.4, -0.2) is 18.1 Å². The van der Waals surface area contributed by atoms with Gasteiger partial charge < -0.3 is 4.74 Å². The van der Waals surface area contributed by atoms with Crippen molar-refractivity contribution in [2.75, 3.05) is 7.11 Å². The summed E-state index contributed by atoms with van der Waals surface area (Å²) in [5.74, 6) is -0.475. The summed E-state index contributed by atoms with van der Waals surface area (Å²) in [5, 5.41) is 0.920. The Morgan fingerprint density at radius 3 is 2.61 bits per heavy atom. The molecule has 0 aliphatic rings. The van der Waals surface area contributed by atoms with Crippen molar-refractivity contribution in [2.45, 2.75) is 0 Å². The van der Waals surface area contributed by atoms with Gasteiger partial charge in [0.15, 0.2) is 0 Å². The van der Waals surface area contributed by atoms with Crippen molar-refractivity contribution >= 4 is 29.2 Å². The van der Waals surface area contributed by atoms with Gasteiger partial charge in [0.2, 0.25) is 0 Å². The third-order valence-electron chi connectivity index (χ3n) is 2.36. The number of methoxy groups -OCH3 is 1. The van der Waals surface area contributed by atoms with E-state index in [9.17, 15) is 4.79 Å². The first-order valence-electron chi connectivity index (χ1n) is 5.12. The summed E-state index contributed by atoms with van der Waals surface area (Å²) in [4.78, 5) is 15.6. The third kappa shape index (κ3) is 2.63. The minimum atomic E-state index is -0.475. The van der Waals surface area contributed by atoms with Crippen LogP contribution in [0.3, 0.4) is 0 Å². The summed E-state index contributed by atoms with van der Waals surface area (Å²) in [6, 6.07) is 10.3. The fourth-order valence-corrected chi connectivity index (χ4v) is 1.77. The van der Waals surface area contributed by atoms with Gasteiger partial charge >= 0.3 is 5.97 Å². The van der Waals surface area contributed by atoms with Crippen molar-refractivity contribution in [1.82, 2.24) is 4.98 Å². The van der Waals surface area contributed by atoms with E-state index in [-0.39, 0.29) is 5.69 Å². The highest BCUT2D eigenvalue weighted by molar-refractivity contribution is 6.42. The third-order valence-corrected chi connectivity index (χ3v) is 3.10. The SMILES string of the molecule is COC(=O)c1cccc(-c2ccc(Cl)c(Cl)c2)n1. The van der Waals surface area contributed by atoms with E-state index in [1.54, 1.807) is 36.4 Å². The number of halogens is 2. The molecule has 1 aromatic carbocycles. The van der Waals surface area contributed by atoms with E-state index < -0.39 is 5.97 Å². The Hall–Kier alpha value is -1.58. The van der Waals surface area contributed by atoms with Crippen LogP contribution < -0.4 is 0 Å². The van der Waals surface area contributed by atoms with Crippen molar-refractivity contribution in [3.05, 3.63) is 52.1 Å². The first-order valence-corrected chi connectivity index (χ1v) is 5.88. The van der Waals surface area contributed by atoms with Crippen LogP contribution in [0.15, 0.2) is 36.4 Å². The first kappa shape index (κ1) is 12.9. The lowest BCUT2D eigenvalue weighted by Gasteiger charge is -2.04. The van der Waals surface area contributed by atoms with E-state index in [1.807, 2.05) is 0 Å². The molecular formula is C13H9Cl2NO2. The number of ether oxygens (including phenoxy) is 1. The molecule has 0 N–H and O–H groups in total. The first-order chi connectivity index (χ1) is 8.61. The van der Waals surface area contributed by atoms with Crippen LogP contribution in [0.5, 0.6) is 0 Å². The second-order valence-electron chi connectivity index (χ2n) is 3.53. The molecule has 2 rings (SSSR count). The summed E-state index contributed by atoms with van der Waals surface area (Å²) in [6.07, 6.45) is 0. The maximum atomic E-state index is 11.4. The zero-order chi connectivity index (χ0) is 13.1. The number of carbonyl (C=O) groups is 1. The molecule has 0 unspecified atom stereocenters. The summed E-state index contributed by atoms with van der Waals surface area (Å²) in [6.45, 7) is 0. The van der Waals surface area contributed by atoms with Crippen LogP contribution in [0.25, 0.3) is 11.3 Å². The van der Waals surface area contributed by atoms with Gasteiger partial charge in [-0.15, -0.1) is 0 Å². The fraction of sp³-hybridized carbons (Fsp3) is 0.0769. The quantitative estimate of drug-likeness (QED) is 0.785. The predicted molar refractivity (Wildman–Crippen MR) is 71.0 cm³/mol. The molecule has 1 heterocycles. The Morgan fingerprint density at radius 2 is 1.94 bits per heavy atom. The molecular weight excluding hydrogens is 273 g/mol.